The van der Waals surface area contributed by atoms with Crippen LogP contribution in [-0.4, -0.2) is 33.3 Å². The van der Waals surface area contributed by atoms with Crippen molar-refractivity contribution in [3.63, 3.8) is 0 Å². The standard InChI is InChI=1S/C11H18N2O2/c1-13(2)12-8-9-5-10(14-3)7-11(6-9)15-4/h5-7,12H,8H2,1-4H3. The van der Waals surface area contributed by atoms with E-state index >= 15 is 0 Å². The zero-order valence-electron chi connectivity index (χ0n) is 9.70. The molecule has 0 saturated heterocycles. The fraction of sp³-hybridized carbons (Fsp3) is 0.455. The highest BCUT2D eigenvalue weighted by Crippen LogP contribution is 2.22. The van der Waals surface area contributed by atoms with E-state index in [1.165, 1.54) is 0 Å². The van der Waals surface area contributed by atoms with E-state index in [0.29, 0.717) is 0 Å². The average Bonchev–Trinajstić information content (AvgIpc) is 2.25. The van der Waals surface area contributed by atoms with Crippen molar-refractivity contribution in [2.75, 3.05) is 28.3 Å². The van der Waals surface area contributed by atoms with Crippen molar-refractivity contribution in [3.8, 4) is 11.5 Å². The normalized spacial score (nSPS) is 10.5. The first-order valence-electron chi connectivity index (χ1n) is 4.78. The lowest BCUT2D eigenvalue weighted by molar-refractivity contribution is 0.285. The van der Waals surface area contributed by atoms with Crippen molar-refractivity contribution in [2.24, 2.45) is 0 Å². The molecule has 0 spiro atoms. The molecule has 0 unspecified atom stereocenters. The summed E-state index contributed by atoms with van der Waals surface area (Å²) in [7, 11) is 7.21. The Labute approximate surface area is 90.8 Å². The number of nitrogens with zero attached hydrogens (tertiary/aromatic N) is 1. The molecule has 0 aromatic heterocycles. The first-order chi connectivity index (χ1) is 7.15. The molecular weight excluding hydrogens is 192 g/mol. The second kappa shape index (κ2) is 5.58. The van der Waals surface area contributed by atoms with E-state index in [1.807, 2.05) is 37.3 Å². The van der Waals surface area contributed by atoms with Crippen LogP contribution in [0, 0.1) is 0 Å². The molecule has 0 radical (unpaired) electrons. The second-order valence-electron chi connectivity index (χ2n) is 3.45. The molecule has 4 nitrogen and oxygen atoms in total. The topological polar surface area (TPSA) is 33.7 Å². The summed E-state index contributed by atoms with van der Waals surface area (Å²) in [5.41, 5.74) is 4.31. The Morgan fingerprint density at radius 1 is 1.07 bits per heavy atom. The molecule has 4 heteroatoms. The lowest BCUT2D eigenvalue weighted by atomic mass is 10.2. The number of nitrogens with one attached hydrogen (secondary N) is 1. The molecule has 15 heavy (non-hydrogen) atoms. The Balaban J connectivity index is 2.77. The zero-order valence-corrected chi connectivity index (χ0v) is 9.70. The maximum Gasteiger partial charge on any atom is 0.122 e. The number of hydrazine groups is 1. The summed E-state index contributed by atoms with van der Waals surface area (Å²) in [4.78, 5) is 0. The van der Waals surface area contributed by atoms with Crippen LogP contribution in [0.5, 0.6) is 11.5 Å². The molecule has 0 aliphatic rings. The molecule has 0 aliphatic carbocycles. The van der Waals surface area contributed by atoms with E-state index in [1.54, 1.807) is 14.2 Å². The number of methoxy groups -OCH3 is 2. The molecule has 84 valence electrons. The van der Waals surface area contributed by atoms with Gasteiger partial charge in [-0.25, -0.2) is 0 Å². The minimum atomic E-state index is 0.751. The Morgan fingerprint density at radius 3 is 2.00 bits per heavy atom. The first kappa shape index (κ1) is 11.8. The lowest BCUT2D eigenvalue weighted by Crippen LogP contribution is -2.29. The van der Waals surface area contributed by atoms with Gasteiger partial charge in [0, 0.05) is 26.7 Å². The predicted octanol–water partition coefficient (Wildman–Crippen LogP) is 1.27. The van der Waals surface area contributed by atoms with E-state index in [0.717, 1.165) is 23.6 Å². The van der Waals surface area contributed by atoms with Gasteiger partial charge in [0.25, 0.3) is 0 Å². The summed E-state index contributed by atoms with van der Waals surface area (Å²) < 4.78 is 10.4. The van der Waals surface area contributed by atoms with Gasteiger partial charge >= 0.3 is 0 Å². The van der Waals surface area contributed by atoms with Crippen molar-refractivity contribution in [3.05, 3.63) is 23.8 Å². The molecule has 1 aromatic rings. The molecular formula is C11H18N2O2. The quantitative estimate of drug-likeness (QED) is 0.742. The van der Waals surface area contributed by atoms with Gasteiger partial charge in [-0.2, -0.15) is 0 Å². The van der Waals surface area contributed by atoms with Crippen molar-refractivity contribution < 1.29 is 9.47 Å². The molecule has 0 heterocycles. The third kappa shape index (κ3) is 3.77. The molecule has 1 N–H and O–H groups in total. The number of rotatable bonds is 5. The molecule has 0 amide bonds. The summed E-state index contributed by atoms with van der Waals surface area (Å²) in [6.07, 6.45) is 0. The van der Waals surface area contributed by atoms with Gasteiger partial charge in [0.2, 0.25) is 0 Å². The Kier molecular flexibility index (Phi) is 4.39. The number of hydrogen-bond donors (Lipinski definition) is 1. The maximum absolute atomic E-state index is 5.18. The van der Waals surface area contributed by atoms with Crippen LogP contribution in [0.1, 0.15) is 5.56 Å². The third-order valence-corrected chi connectivity index (χ3v) is 2.01. The largest absolute Gasteiger partial charge is 0.497 e. The molecule has 0 atom stereocenters. The highest BCUT2D eigenvalue weighted by atomic mass is 16.5. The second-order valence-corrected chi connectivity index (χ2v) is 3.45. The summed E-state index contributed by atoms with van der Waals surface area (Å²) in [6, 6.07) is 5.83. The average molecular weight is 210 g/mol. The fourth-order valence-electron chi connectivity index (χ4n) is 1.22. The molecule has 1 rings (SSSR count). The van der Waals surface area contributed by atoms with Gasteiger partial charge in [0.1, 0.15) is 11.5 Å². The minimum absolute atomic E-state index is 0.751. The van der Waals surface area contributed by atoms with E-state index in [4.69, 9.17) is 9.47 Å². The summed E-state index contributed by atoms with van der Waals surface area (Å²) in [5, 5.41) is 1.91. The van der Waals surface area contributed by atoms with Crippen molar-refractivity contribution in [1.82, 2.24) is 10.4 Å². The van der Waals surface area contributed by atoms with Gasteiger partial charge in [0.05, 0.1) is 14.2 Å². The van der Waals surface area contributed by atoms with Gasteiger partial charge in [-0.15, -0.1) is 0 Å². The van der Waals surface area contributed by atoms with Gasteiger partial charge in [-0.3, -0.25) is 10.4 Å². The lowest BCUT2D eigenvalue weighted by Gasteiger charge is -2.13. The van der Waals surface area contributed by atoms with Gasteiger partial charge in [0.15, 0.2) is 0 Å². The van der Waals surface area contributed by atoms with Crippen molar-refractivity contribution >= 4 is 0 Å². The molecule has 0 bridgehead atoms. The highest BCUT2D eigenvalue weighted by Gasteiger charge is 2.01. The van der Waals surface area contributed by atoms with E-state index in [9.17, 15) is 0 Å². The molecule has 0 fully saturated rings. The SMILES string of the molecule is COc1cc(CNN(C)C)cc(OC)c1. The molecule has 1 aromatic carbocycles. The Morgan fingerprint density at radius 2 is 1.60 bits per heavy atom. The summed E-state index contributed by atoms with van der Waals surface area (Å²) in [6.45, 7) is 0.751. The third-order valence-electron chi connectivity index (χ3n) is 2.01. The van der Waals surface area contributed by atoms with Crippen LogP contribution >= 0.6 is 0 Å². The smallest absolute Gasteiger partial charge is 0.122 e. The van der Waals surface area contributed by atoms with Gasteiger partial charge in [-0.1, -0.05) is 0 Å². The summed E-state index contributed by atoms with van der Waals surface area (Å²) >= 11 is 0. The van der Waals surface area contributed by atoms with Crippen LogP contribution in [0.2, 0.25) is 0 Å². The van der Waals surface area contributed by atoms with Crippen LogP contribution < -0.4 is 14.9 Å². The summed E-state index contributed by atoms with van der Waals surface area (Å²) in [5.74, 6) is 1.62. The van der Waals surface area contributed by atoms with Crippen LogP contribution in [0.4, 0.5) is 0 Å². The van der Waals surface area contributed by atoms with Gasteiger partial charge in [-0.05, 0) is 17.7 Å². The number of benzene rings is 1. The minimum Gasteiger partial charge on any atom is -0.497 e. The van der Waals surface area contributed by atoms with Crippen molar-refractivity contribution in [2.45, 2.75) is 6.54 Å². The van der Waals surface area contributed by atoms with Crippen LogP contribution in [0.3, 0.4) is 0 Å². The van der Waals surface area contributed by atoms with Crippen molar-refractivity contribution in [1.29, 1.82) is 0 Å². The van der Waals surface area contributed by atoms with E-state index in [2.05, 4.69) is 5.43 Å². The molecule has 0 aliphatic heterocycles. The highest BCUT2D eigenvalue weighted by molar-refractivity contribution is 5.38. The fourth-order valence-corrected chi connectivity index (χ4v) is 1.22. The number of ether oxygens (including phenoxy) is 2. The Hall–Kier alpha value is -1.26. The zero-order chi connectivity index (χ0) is 11.3. The predicted molar refractivity (Wildman–Crippen MR) is 60.1 cm³/mol. The van der Waals surface area contributed by atoms with Crippen LogP contribution in [0.15, 0.2) is 18.2 Å². The monoisotopic (exact) mass is 210 g/mol. The van der Waals surface area contributed by atoms with E-state index in [-0.39, 0.29) is 0 Å². The van der Waals surface area contributed by atoms with Gasteiger partial charge < -0.3 is 9.47 Å². The van der Waals surface area contributed by atoms with E-state index < -0.39 is 0 Å². The van der Waals surface area contributed by atoms with Crippen LogP contribution in [-0.2, 0) is 6.54 Å². The Bertz CT molecular complexity index is 291. The first-order valence-corrected chi connectivity index (χ1v) is 4.78. The maximum atomic E-state index is 5.18. The number of hydrogen-bond acceptors (Lipinski definition) is 4. The van der Waals surface area contributed by atoms with Crippen LogP contribution in [0.25, 0.3) is 0 Å². The molecule has 0 saturated carbocycles.